The molecule has 3 heteroatoms. The predicted octanol–water partition coefficient (Wildman–Crippen LogP) is 3.57. The van der Waals surface area contributed by atoms with Crippen LogP contribution >= 0.6 is 0 Å². The third-order valence-corrected chi connectivity index (χ3v) is 3.32. The fourth-order valence-corrected chi connectivity index (χ4v) is 2.42. The van der Waals surface area contributed by atoms with Crippen LogP contribution in [0.5, 0.6) is 0 Å². The van der Waals surface area contributed by atoms with Crippen molar-refractivity contribution in [2.45, 2.75) is 19.8 Å². The largest absolute Gasteiger partial charge is 0.437 e. The average Bonchev–Trinajstić information content (AvgIpc) is 2.87. The number of anilines is 2. The van der Waals surface area contributed by atoms with Crippen LogP contribution in [0.4, 0.5) is 11.6 Å². The fraction of sp³-hybridized carbons (Fsp3) is 0.267. The van der Waals surface area contributed by atoms with E-state index in [0.717, 1.165) is 25.3 Å². The highest BCUT2D eigenvalue weighted by Crippen LogP contribution is 2.34. The quantitative estimate of drug-likeness (QED) is 0.754. The summed E-state index contributed by atoms with van der Waals surface area (Å²) in [7, 11) is 0. The molecular weight excluding hydrogens is 226 g/mol. The Labute approximate surface area is 106 Å². The van der Waals surface area contributed by atoms with Crippen molar-refractivity contribution in [3.63, 3.8) is 0 Å². The molecule has 1 aliphatic rings. The van der Waals surface area contributed by atoms with Gasteiger partial charge >= 0.3 is 0 Å². The highest BCUT2D eigenvalue weighted by Gasteiger charge is 2.20. The second-order valence-electron chi connectivity index (χ2n) is 4.58. The first-order chi connectivity index (χ1) is 8.75. The summed E-state index contributed by atoms with van der Waals surface area (Å²) in [6, 6.07) is 12.0. The number of aryl methyl sites for hydroxylation is 1. The van der Waals surface area contributed by atoms with Gasteiger partial charge in [-0.3, -0.25) is 4.79 Å². The third-order valence-electron chi connectivity index (χ3n) is 3.32. The summed E-state index contributed by atoms with van der Waals surface area (Å²) in [6.45, 7) is 2.45. The third kappa shape index (κ3) is 1.82. The second-order valence-corrected chi connectivity index (χ2v) is 4.58. The maximum atomic E-state index is 11.3. The van der Waals surface area contributed by atoms with Gasteiger partial charge in [0.15, 0.2) is 11.5 Å². The summed E-state index contributed by atoms with van der Waals surface area (Å²) < 4.78 is 5.62. The van der Waals surface area contributed by atoms with Gasteiger partial charge in [-0.1, -0.05) is 18.2 Å². The molecule has 92 valence electrons. The lowest BCUT2D eigenvalue weighted by molar-refractivity contribution is 0.0988. The molecule has 0 unspecified atom stereocenters. The molecule has 3 nitrogen and oxygen atoms in total. The normalized spacial score (nSPS) is 14.4. The van der Waals surface area contributed by atoms with Crippen molar-refractivity contribution in [3.8, 4) is 0 Å². The van der Waals surface area contributed by atoms with Crippen LogP contribution in [0.1, 0.15) is 29.5 Å². The number of Topliss-reactive ketones (excluding diaryl/α,β-unsaturated/α-hetero) is 1. The zero-order valence-corrected chi connectivity index (χ0v) is 10.3. The Balaban J connectivity index is 2.00. The number of furan rings is 1. The number of ketones is 1. The van der Waals surface area contributed by atoms with Gasteiger partial charge in [0.2, 0.25) is 5.88 Å². The van der Waals surface area contributed by atoms with Gasteiger partial charge < -0.3 is 9.32 Å². The van der Waals surface area contributed by atoms with Crippen molar-refractivity contribution >= 4 is 17.4 Å². The standard InChI is InChI=1S/C15H15NO2/c1-11(17)14-8-9-15(18-14)16-10-4-6-12-5-2-3-7-13(12)16/h2-3,5,7-9H,4,6,10H2,1H3. The smallest absolute Gasteiger partial charge is 0.200 e. The molecule has 1 aliphatic heterocycles. The molecule has 2 heterocycles. The van der Waals surface area contributed by atoms with E-state index in [1.165, 1.54) is 18.2 Å². The topological polar surface area (TPSA) is 33.5 Å². The lowest BCUT2D eigenvalue weighted by atomic mass is 10.0. The number of para-hydroxylation sites is 1. The minimum absolute atomic E-state index is 0.0356. The minimum Gasteiger partial charge on any atom is -0.437 e. The maximum Gasteiger partial charge on any atom is 0.200 e. The van der Waals surface area contributed by atoms with Crippen LogP contribution in [-0.2, 0) is 6.42 Å². The number of fused-ring (bicyclic) bond motifs is 1. The molecule has 0 saturated carbocycles. The van der Waals surface area contributed by atoms with Gasteiger partial charge in [-0.15, -0.1) is 0 Å². The molecule has 0 saturated heterocycles. The molecule has 2 aromatic rings. The highest BCUT2D eigenvalue weighted by molar-refractivity contribution is 5.91. The Morgan fingerprint density at radius 1 is 1.22 bits per heavy atom. The number of nitrogens with zero attached hydrogens (tertiary/aromatic N) is 1. The summed E-state index contributed by atoms with van der Waals surface area (Å²) in [6.07, 6.45) is 2.21. The van der Waals surface area contributed by atoms with E-state index in [0.29, 0.717) is 5.76 Å². The zero-order chi connectivity index (χ0) is 12.5. The molecule has 0 fully saturated rings. The Morgan fingerprint density at radius 2 is 2.06 bits per heavy atom. The number of hydrogen-bond donors (Lipinski definition) is 0. The Kier molecular flexibility index (Phi) is 2.67. The van der Waals surface area contributed by atoms with E-state index in [4.69, 9.17) is 4.42 Å². The number of carbonyl (C=O) groups excluding carboxylic acids is 1. The minimum atomic E-state index is -0.0356. The molecule has 0 spiro atoms. The number of rotatable bonds is 2. The molecule has 0 atom stereocenters. The molecule has 0 bridgehead atoms. The molecule has 0 amide bonds. The molecular formula is C15H15NO2. The van der Waals surface area contributed by atoms with Crippen LogP contribution in [0.3, 0.4) is 0 Å². The fourth-order valence-electron chi connectivity index (χ4n) is 2.42. The molecule has 0 aliphatic carbocycles. The average molecular weight is 241 g/mol. The van der Waals surface area contributed by atoms with Crippen LogP contribution in [-0.4, -0.2) is 12.3 Å². The molecule has 0 N–H and O–H groups in total. The Hall–Kier alpha value is -2.03. The van der Waals surface area contributed by atoms with Gasteiger partial charge in [0, 0.05) is 25.2 Å². The second kappa shape index (κ2) is 4.33. The van der Waals surface area contributed by atoms with Gasteiger partial charge in [0.05, 0.1) is 0 Å². The van der Waals surface area contributed by atoms with Gasteiger partial charge in [-0.25, -0.2) is 0 Å². The number of benzene rings is 1. The summed E-state index contributed by atoms with van der Waals surface area (Å²) in [5, 5.41) is 0. The first-order valence-corrected chi connectivity index (χ1v) is 6.22. The van der Waals surface area contributed by atoms with Gasteiger partial charge in [-0.05, 0) is 30.5 Å². The van der Waals surface area contributed by atoms with Gasteiger partial charge in [0.1, 0.15) is 0 Å². The van der Waals surface area contributed by atoms with E-state index >= 15 is 0 Å². The van der Waals surface area contributed by atoms with Gasteiger partial charge in [0.25, 0.3) is 0 Å². The number of carbonyl (C=O) groups is 1. The van der Waals surface area contributed by atoms with Crippen LogP contribution < -0.4 is 4.90 Å². The van der Waals surface area contributed by atoms with Crippen molar-refractivity contribution < 1.29 is 9.21 Å². The summed E-state index contributed by atoms with van der Waals surface area (Å²) in [4.78, 5) is 13.4. The van der Waals surface area contributed by atoms with Crippen molar-refractivity contribution in [1.82, 2.24) is 0 Å². The SMILES string of the molecule is CC(=O)c1ccc(N2CCCc3ccccc32)o1. The van der Waals surface area contributed by atoms with Crippen LogP contribution in [0.15, 0.2) is 40.8 Å². The van der Waals surface area contributed by atoms with Crippen molar-refractivity contribution in [2.75, 3.05) is 11.4 Å². The van der Waals surface area contributed by atoms with Crippen molar-refractivity contribution in [1.29, 1.82) is 0 Å². The molecule has 18 heavy (non-hydrogen) atoms. The van der Waals surface area contributed by atoms with Crippen LogP contribution in [0, 0.1) is 0 Å². The van der Waals surface area contributed by atoms with E-state index < -0.39 is 0 Å². The van der Waals surface area contributed by atoms with Crippen molar-refractivity contribution in [2.24, 2.45) is 0 Å². The zero-order valence-electron chi connectivity index (χ0n) is 10.3. The summed E-state index contributed by atoms with van der Waals surface area (Å²) in [5.74, 6) is 1.15. The Morgan fingerprint density at radius 3 is 2.83 bits per heavy atom. The van der Waals surface area contributed by atoms with E-state index in [2.05, 4.69) is 23.1 Å². The Bertz CT molecular complexity index is 586. The predicted molar refractivity (Wildman–Crippen MR) is 70.5 cm³/mol. The summed E-state index contributed by atoms with van der Waals surface area (Å²) in [5.41, 5.74) is 2.53. The number of hydrogen-bond acceptors (Lipinski definition) is 3. The molecule has 0 radical (unpaired) electrons. The lowest BCUT2D eigenvalue weighted by Gasteiger charge is -2.28. The molecule has 3 rings (SSSR count). The molecule has 1 aromatic carbocycles. The maximum absolute atomic E-state index is 11.3. The first kappa shape index (κ1) is 11.1. The monoisotopic (exact) mass is 241 g/mol. The highest BCUT2D eigenvalue weighted by atomic mass is 16.4. The van der Waals surface area contributed by atoms with E-state index in [-0.39, 0.29) is 5.78 Å². The molecule has 1 aromatic heterocycles. The van der Waals surface area contributed by atoms with Crippen LogP contribution in [0.25, 0.3) is 0 Å². The summed E-state index contributed by atoms with van der Waals surface area (Å²) >= 11 is 0. The van der Waals surface area contributed by atoms with Gasteiger partial charge in [-0.2, -0.15) is 0 Å². The van der Waals surface area contributed by atoms with E-state index in [1.807, 2.05) is 12.1 Å². The van der Waals surface area contributed by atoms with E-state index in [9.17, 15) is 4.79 Å². The van der Waals surface area contributed by atoms with Crippen LogP contribution in [0.2, 0.25) is 0 Å². The lowest BCUT2D eigenvalue weighted by Crippen LogP contribution is -2.23. The van der Waals surface area contributed by atoms with Crippen molar-refractivity contribution in [3.05, 3.63) is 47.7 Å². The van der Waals surface area contributed by atoms with E-state index in [1.54, 1.807) is 6.07 Å². The first-order valence-electron chi connectivity index (χ1n) is 6.22.